The molecular formula is C23H30N4O3. The number of piperidine rings is 1. The zero-order valence-corrected chi connectivity index (χ0v) is 17.9. The Balaban J connectivity index is 1.70. The molecule has 1 amide bonds. The van der Waals surface area contributed by atoms with Crippen molar-refractivity contribution in [1.82, 2.24) is 9.99 Å². The van der Waals surface area contributed by atoms with Crippen LogP contribution >= 0.6 is 0 Å². The minimum atomic E-state index is -0.311. The molecule has 7 nitrogen and oxygen atoms in total. The van der Waals surface area contributed by atoms with Crippen LogP contribution in [0, 0.1) is 5.92 Å². The average Bonchev–Trinajstić information content (AvgIpc) is 2.77. The second-order valence-corrected chi connectivity index (χ2v) is 7.77. The minimum absolute atomic E-state index is 0.0713. The largest absolute Gasteiger partial charge is 0.493 e. The van der Waals surface area contributed by atoms with E-state index in [1.807, 2.05) is 35.3 Å². The molecule has 0 radical (unpaired) electrons. The van der Waals surface area contributed by atoms with E-state index in [0.717, 1.165) is 31.4 Å². The number of ether oxygens (including phenoxy) is 2. The quantitative estimate of drug-likeness (QED) is 0.667. The Morgan fingerprint density at radius 1 is 1.33 bits per heavy atom. The van der Waals surface area contributed by atoms with E-state index in [0.29, 0.717) is 29.7 Å². The number of anilines is 1. The van der Waals surface area contributed by atoms with Crippen molar-refractivity contribution in [3.63, 3.8) is 0 Å². The lowest BCUT2D eigenvalue weighted by Gasteiger charge is -2.32. The van der Waals surface area contributed by atoms with Crippen LogP contribution in [0.2, 0.25) is 0 Å². The van der Waals surface area contributed by atoms with E-state index in [9.17, 15) is 4.79 Å². The Bertz CT molecular complexity index is 855. The first-order chi connectivity index (χ1) is 14.6. The Morgan fingerprint density at radius 3 is 2.93 bits per heavy atom. The van der Waals surface area contributed by atoms with Gasteiger partial charge in [-0.15, -0.1) is 0 Å². The number of methoxy groups -OCH3 is 1. The van der Waals surface area contributed by atoms with E-state index < -0.39 is 0 Å². The second-order valence-electron chi connectivity index (χ2n) is 7.77. The van der Waals surface area contributed by atoms with Crippen molar-refractivity contribution >= 4 is 17.8 Å². The van der Waals surface area contributed by atoms with E-state index in [-0.39, 0.29) is 11.9 Å². The van der Waals surface area contributed by atoms with Crippen LogP contribution in [0.25, 0.3) is 0 Å². The highest BCUT2D eigenvalue weighted by atomic mass is 16.5. The lowest BCUT2D eigenvalue weighted by atomic mass is 10.0. The van der Waals surface area contributed by atoms with Crippen molar-refractivity contribution in [2.75, 3.05) is 25.6 Å². The Labute approximate surface area is 178 Å². The molecule has 30 heavy (non-hydrogen) atoms. The number of hydrogen-bond acceptors (Lipinski definition) is 6. The van der Waals surface area contributed by atoms with Gasteiger partial charge in [0.2, 0.25) is 5.91 Å². The lowest BCUT2D eigenvalue weighted by Crippen LogP contribution is -2.44. The predicted octanol–water partition coefficient (Wildman–Crippen LogP) is 3.95. The number of aromatic nitrogens is 1. The third-order valence-electron chi connectivity index (χ3n) is 4.82. The van der Waals surface area contributed by atoms with Crippen molar-refractivity contribution in [2.45, 2.75) is 39.2 Å². The lowest BCUT2D eigenvalue weighted by molar-refractivity contribution is -0.122. The summed E-state index contributed by atoms with van der Waals surface area (Å²) in [6.45, 7) is 5.50. The number of pyridine rings is 1. The van der Waals surface area contributed by atoms with Gasteiger partial charge in [0.1, 0.15) is 6.04 Å². The molecule has 1 aromatic carbocycles. The zero-order chi connectivity index (χ0) is 21.3. The maximum atomic E-state index is 13.0. The van der Waals surface area contributed by atoms with Crippen LogP contribution in [-0.2, 0) is 4.79 Å². The van der Waals surface area contributed by atoms with Crippen LogP contribution in [0.5, 0.6) is 11.5 Å². The van der Waals surface area contributed by atoms with Crippen LogP contribution < -0.4 is 14.8 Å². The Hall–Kier alpha value is -3.09. The fraction of sp³-hybridized carbons (Fsp3) is 0.435. The molecule has 1 aliphatic rings. The molecule has 1 fully saturated rings. The summed E-state index contributed by atoms with van der Waals surface area (Å²) in [4.78, 5) is 17.1. The summed E-state index contributed by atoms with van der Waals surface area (Å²) in [5.74, 6) is 1.59. The normalized spacial score (nSPS) is 16.7. The van der Waals surface area contributed by atoms with E-state index in [1.165, 1.54) is 0 Å². The van der Waals surface area contributed by atoms with Crippen LogP contribution in [0.1, 0.15) is 38.7 Å². The highest BCUT2D eigenvalue weighted by Gasteiger charge is 2.28. The third kappa shape index (κ3) is 5.95. The number of carbonyl (C=O) groups excluding carboxylic acids is 1. The number of hydrogen-bond donors (Lipinski definition) is 1. The molecule has 0 bridgehead atoms. The van der Waals surface area contributed by atoms with Crippen molar-refractivity contribution in [1.29, 1.82) is 0 Å². The fourth-order valence-electron chi connectivity index (χ4n) is 3.26. The summed E-state index contributed by atoms with van der Waals surface area (Å²) in [7, 11) is 1.61. The van der Waals surface area contributed by atoms with Gasteiger partial charge in [0.05, 0.1) is 19.9 Å². The van der Waals surface area contributed by atoms with Gasteiger partial charge in [-0.1, -0.05) is 19.9 Å². The predicted molar refractivity (Wildman–Crippen MR) is 118 cm³/mol. The SMILES string of the molecule is COc1ccc(NC(=O)C2CCCCN2/N=C/c2cccnc2)cc1OCC(C)C. The highest BCUT2D eigenvalue weighted by molar-refractivity contribution is 5.95. The summed E-state index contributed by atoms with van der Waals surface area (Å²) in [5.41, 5.74) is 1.59. The summed E-state index contributed by atoms with van der Waals surface area (Å²) in [6, 6.07) is 8.94. The zero-order valence-electron chi connectivity index (χ0n) is 17.9. The minimum Gasteiger partial charge on any atom is -0.493 e. The number of rotatable bonds is 8. The summed E-state index contributed by atoms with van der Waals surface area (Å²) < 4.78 is 11.2. The molecule has 1 aliphatic heterocycles. The molecule has 0 saturated carbocycles. The van der Waals surface area contributed by atoms with Gasteiger partial charge in [0.25, 0.3) is 0 Å². The molecule has 0 aliphatic carbocycles. The van der Waals surface area contributed by atoms with E-state index in [2.05, 4.69) is 29.2 Å². The highest BCUT2D eigenvalue weighted by Crippen LogP contribution is 2.31. The first kappa shape index (κ1) is 21.6. The molecule has 2 aromatic rings. The van der Waals surface area contributed by atoms with E-state index in [1.54, 1.807) is 25.7 Å². The molecule has 1 aromatic heterocycles. The van der Waals surface area contributed by atoms with Gasteiger partial charge in [0.15, 0.2) is 11.5 Å². The smallest absolute Gasteiger partial charge is 0.248 e. The van der Waals surface area contributed by atoms with Crippen molar-refractivity contribution in [3.8, 4) is 11.5 Å². The van der Waals surface area contributed by atoms with Gasteiger partial charge in [0, 0.05) is 36.3 Å². The number of nitrogens with zero attached hydrogens (tertiary/aromatic N) is 3. The molecule has 160 valence electrons. The summed E-state index contributed by atoms with van der Waals surface area (Å²) in [5, 5.41) is 9.44. The maximum absolute atomic E-state index is 13.0. The topological polar surface area (TPSA) is 76.0 Å². The van der Waals surface area contributed by atoms with Gasteiger partial charge in [-0.3, -0.25) is 14.8 Å². The van der Waals surface area contributed by atoms with Crippen LogP contribution in [0.4, 0.5) is 5.69 Å². The molecule has 1 atom stereocenters. The first-order valence-corrected chi connectivity index (χ1v) is 10.4. The monoisotopic (exact) mass is 410 g/mol. The molecule has 1 saturated heterocycles. The number of nitrogens with one attached hydrogen (secondary N) is 1. The summed E-state index contributed by atoms with van der Waals surface area (Å²) >= 11 is 0. The van der Waals surface area contributed by atoms with E-state index in [4.69, 9.17) is 9.47 Å². The third-order valence-corrected chi connectivity index (χ3v) is 4.82. The van der Waals surface area contributed by atoms with Crippen LogP contribution in [-0.4, -0.2) is 48.4 Å². The molecule has 0 spiro atoms. The molecule has 2 heterocycles. The molecule has 3 rings (SSSR count). The summed E-state index contributed by atoms with van der Waals surface area (Å²) in [6.07, 6.45) is 8.01. The number of amides is 1. The molecular weight excluding hydrogens is 380 g/mol. The Kier molecular flexibility index (Phi) is 7.65. The van der Waals surface area contributed by atoms with Gasteiger partial charge in [-0.25, -0.2) is 0 Å². The maximum Gasteiger partial charge on any atom is 0.248 e. The first-order valence-electron chi connectivity index (χ1n) is 10.4. The van der Waals surface area contributed by atoms with Crippen molar-refractivity contribution in [2.24, 2.45) is 11.0 Å². The number of benzene rings is 1. The van der Waals surface area contributed by atoms with E-state index >= 15 is 0 Å². The van der Waals surface area contributed by atoms with Gasteiger partial charge in [-0.05, 0) is 43.4 Å². The van der Waals surface area contributed by atoms with Crippen LogP contribution in [0.15, 0.2) is 47.8 Å². The Morgan fingerprint density at radius 2 is 2.20 bits per heavy atom. The van der Waals surface area contributed by atoms with Crippen LogP contribution in [0.3, 0.4) is 0 Å². The number of hydrazone groups is 1. The standard InChI is InChI=1S/C23H30N4O3/c1-17(2)16-30-22-13-19(9-10-21(22)29-3)26-23(28)20-8-4-5-12-27(20)25-15-18-7-6-11-24-14-18/h6-7,9-11,13-15,17,20H,4-5,8,12,16H2,1-3H3,(H,26,28)/b25-15+. The fourth-order valence-corrected chi connectivity index (χ4v) is 3.26. The van der Waals surface area contributed by atoms with Gasteiger partial charge < -0.3 is 14.8 Å². The van der Waals surface area contributed by atoms with Gasteiger partial charge in [-0.2, -0.15) is 5.10 Å². The van der Waals surface area contributed by atoms with Gasteiger partial charge >= 0.3 is 0 Å². The van der Waals surface area contributed by atoms with Crippen molar-refractivity contribution in [3.05, 3.63) is 48.3 Å². The molecule has 1 unspecified atom stereocenters. The number of carbonyl (C=O) groups is 1. The van der Waals surface area contributed by atoms with Crippen molar-refractivity contribution < 1.29 is 14.3 Å². The molecule has 7 heteroatoms. The molecule has 1 N–H and O–H groups in total. The second kappa shape index (κ2) is 10.6. The average molecular weight is 411 g/mol.